The van der Waals surface area contributed by atoms with E-state index in [4.69, 9.17) is 19.6 Å². The van der Waals surface area contributed by atoms with Gasteiger partial charge in [-0.15, -0.1) is 9.78 Å². The van der Waals surface area contributed by atoms with Gasteiger partial charge in [0.1, 0.15) is 0 Å². The van der Waals surface area contributed by atoms with Crippen LogP contribution < -0.4 is 0 Å². The zero-order chi connectivity index (χ0) is 19.6. The molecule has 0 aliphatic rings. The minimum Gasteiger partial charge on any atom is -0.290 e. The van der Waals surface area contributed by atoms with Crippen molar-refractivity contribution in [1.29, 1.82) is 0 Å². The summed E-state index contributed by atoms with van der Waals surface area (Å²) in [6.07, 6.45) is 1.02. The lowest BCUT2D eigenvalue weighted by Crippen LogP contribution is -2.22. The normalized spacial score (nSPS) is 10.7. The van der Waals surface area contributed by atoms with E-state index in [2.05, 4.69) is 0 Å². The summed E-state index contributed by atoms with van der Waals surface area (Å²) in [6, 6.07) is 13.9. The number of aryl methyl sites for hydroxylation is 2. The van der Waals surface area contributed by atoms with Crippen molar-refractivity contribution in [2.45, 2.75) is 46.3 Å². The van der Waals surface area contributed by atoms with Crippen molar-refractivity contribution in [3.63, 3.8) is 0 Å². The zero-order valence-electron chi connectivity index (χ0n) is 15.8. The Morgan fingerprint density at radius 3 is 1.74 bits per heavy atom. The lowest BCUT2D eigenvalue weighted by molar-refractivity contribution is -0.421. The average molecular weight is 372 g/mol. The fourth-order valence-corrected chi connectivity index (χ4v) is 2.32. The molecule has 0 heterocycles. The molecule has 0 aromatic heterocycles. The molecule has 0 N–H and O–H groups in total. The molecule has 2 aromatic rings. The van der Waals surface area contributed by atoms with Gasteiger partial charge in [0.05, 0.1) is 11.1 Å². The number of carbonyl (C=O) groups excluding carboxylic acids is 2. The topological polar surface area (TPSA) is 71.1 Å². The fourth-order valence-electron chi connectivity index (χ4n) is 2.32. The SMILES string of the molecule is CCCCC(OOC(=O)c1cccc(C)c1)OOC(=O)c1cccc(C)c1. The molecule has 2 rings (SSSR count). The van der Waals surface area contributed by atoms with Crippen molar-refractivity contribution in [2.24, 2.45) is 0 Å². The van der Waals surface area contributed by atoms with Gasteiger partial charge in [-0.3, -0.25) is 9.78 Å². The predicted molar refractivity (Wildman–Crippen MR) is 98.7 cm³/mol. The van der Waals surface area contributed by atoms with Crippen molar-refractivity contribution >= 4 is 11.9 Å². The summed E-state index contributed by atoms with van der Waals surface area (Å²) >= 11 is 0. The molecule has 0 atom stereocenters. The molecule has 0 fully saturated rings. The van der Waals surface area contributed by atoms with Gasteiger partial charge in [-0.2, -0.15) is 0 Å². The highest BCUT2D eigenvalue weighted by Gasteiger charge is 2.19. The van der Waals surface area contributed by atoms with E-state index < -0.39 is 18.2 Å². The van der Waals surface area contributed by atoms with E-state index in [1.807, 2.05) is 32.9 Å². The summed E-state index contributed by atoms with van der Waals surface area (Å²) < 4.78 is 0. The van der Waals surface area contributed by atoms with Crippen LogP contribution in [0, 0.1) is 13.8 Å². The standard InChI is InChI=1S/C21H24O6/c1-4-5-12-19(24-26-20(22)17-10-6-8-15(2)13-17)25-27-21(23)18-11-7-9-16(3)14-18/h6-11,13-14,19H,4-5,12H2,1-3H3. The Bertz CT molecular complexity index is 709. The third-order valence-electron chi connectivity index (χ3n) is 3.76. The third kappa shape index (κ3) is 6.84. The number of hydrogen-bond acceptors (Lipinski definition) is 6. The van der Waals surface area contributed by atoms with Gasteiger partial charge in [-0.05, 0) is 44.5 Å². The van der Waals surface area contributed by atoms with Crippen molar-refractivity contribution in [3.05, 3.63) is 70.8 Å². The molecule has 0 aliphatic heterocycles. The molecule has 2 aromatic carbocycles. The first-order valence-electron chi connectivity index (χ1n) is 8.88. The number of rotatable bonds is 9. The molecule has 6 heteroatoms. The van der Waals surface area contributed by atoms with Crippen molar-refractivity contribution in [3.8, 4) is 0 Å². The maximum absolute atomic E-state index is 12.1. The molecule has 0 spiro atoms. The largest absolute Gasteiger partial charge is 0.373 e. The number of unbranched alkanes of at least 4 members (excludes halogenated alkanes) is 1. The van der Waals surface area contributed by atoms with Gasteiger partial charge in [0.2, 0.25) is 6.29 Å². The lowest BCUT2D eigenvalue weighted by atomic mass is 10.1. The second-order valence-corrected chi connectivity index (χ2v) is 6.24. The quantitative estimate of drug-likeness (QED) is 0.361. The molecule has 6 nitrogen and oxygen atoms in total. The van der Waals surface area contributed by atoms with Crippen LogP contribution in [0.1, 0.15) is 58.0 Å². The Kier molecular flexibility index (Phi) is 7.98. The van der Waals surface area contributed by atoms with Crippen LogP contribution in [0.15, 0.2) is 48.5 Å². The second-order valence-electron chi connectivity index (χ2n) is 6.24. The third-order valence-corrected chi connectivity index (χ3v) is 3.76. The van der Waals surface area contributed by atoms with Crippen LogP contribution >= 0.6 is 0 Å². The van der Waals surface area contributed by atoms with E-state index in [0.29, 0.717) is 17.5 Å². The summed E-state index contributed by atoms with van der Waals surface area (Å²) in [5.41, 5.74) is 2.58. The molecular weight excluding hydrogens is 348 g/mol. The van der Waals surface area contributed by atoms with Crippen LogP contribution in [0.3, 0.4) is 0 Å². The highest BCUT2D eigenvalue weighted by Crippen LogP contribution is 2.13. The Morgan fingerprint density at radius 2 is 1.33 bits per heavy atom. The van der Waals surface area contributed by atoms with Gasteiger partial charge in [-0.25, -0.2) is 9.59 Å². The summed E-state index contributed by atoms with van der Waals surface area (Å²) in [5.74, 6) is -1.29. The Balaban J connectivity index is 1.90. The molecule has 0 unspecified atom stereocenters. The molecular formula is C21H24O6. The van der Waals surface area contributed by atoms with Gasteiger partial charge in [0, 0.05) is 6.42 Å². The molecule has 0 amide bonds. The van der Waals surface area contributed by atoms with E-state index in [0.717, 1.165) is 24.0 Å². The zero-order valence-corrected chi connectivity index (χ0v) is 15.8. The molecule has 0 bridgehead atoms. The van der Waals surface area contributed by atoms with Gasteiger partial charge < -0.3 is 0 Å². The first-order valence-corrected chi connectivity index (χ1v) is 8.88. The predicted octanol–water partition coefficient (Wildman–Crippen LogP) is 4.70. The van der Waals surface area contributed by atoms with Crippen LogP contribution in [-0.4, -0.2) is 18.2 Å². The molecule has 0 saturated heterocycles. The van der Waals surface area contributed by atoms with Crippen LogP contribution in [0.5, 0.6) is 0 Å². The number of benzene rings is 2. The van der Waals surface area contributed by atoms with E-state index in [-0.39, 0.29) is 0 Å². The van der Waals surface area contributed by atoms with Gasteiger partial charge in [0.25, 0.3) is 0 Å². The highest BCUT2D eigenvalue weighted by molar-refractivity contribution is 5.89. The van der Waals surface area contributed by atoms with Crippen LogP contribution in [0.25, 0.3) is 0 Å². The minimum atomic E-state index is -1.01. The van der Waals surface area contributed by atoms with E-state index in [1.165, 1.54) is 0 Å². The Hall–Kier alpha value is -2.70. The van der Waals surface area contributed by atoms with E-state index >= 15 is 0 Å². The van der Waals surface area contributed by atoms with Crippen LogP contribution in [-0.2, 0) is 19.6 Å². The highest BCUT2D eigenvalue weighted by atomic mass is 17.3. The van der Waals surface area contributed by atoms with Gasteiger partial charge >= 0.3 is 11.9 Å². The maximum atomic E-state index is 12.1. The molecule has 0 aliphatic carbocycles. The van der Waals surface area contributed by atoms with Crippen molar-refractivity contribution in [2.75, 3.05) is 0 Å². The minimum absolute atomic E-state index is 0.362. The number of hydrogen-bond donors (Lipinski definition) is 0. The molecule has 0 saturated carbocycles. The van der Waals surface area contributed by atoms with Crippen molar-refractivity contribution < 1.29 is 29.1 Å². The van der Waals surface area contributed by atoms with Crippen molar-refractivity contribution in [1.82, 2.24) is 0 Å². The summed E-state index contributed by atoms with van der Waals surface area (Å²) in [4.78, 5) is 43.9. The Morgan fingerprint density at radius 1 is 0.852 bits per heavy atom. The monoisotopic (exact) mass is 372 g/mol. The molecule has 27 heavy (non-hydrogen) atoms. The number of carbonyl (C=O) groups is 2. The smallest absolute Gasteiger partial charge is 0.290 e. The molecule has 144 valence electrons. The van der Waals surface area contributed by atoms with Crippen LogP contribution in [0.4, 0.5) is 0 Å². The van der Waals surface area contributed by atoms with Crippen LogP contribution in [0.2, 0.25) is 0 Å². The maximum Gasteiger partial charge on any atom is 0.373 e. The second kappa shape index (κ2) is 10.4. The fraction of sp³-hybridized carbons (Fsp3) is 0.333. The molecule has 0 radical (unpaired) electrons. The summed E-state index contributed by atoms with van der Waals surface area (Å²) in [7, 11) is 0. The average Bonchev–Trinajstić information content (AvgIpc) is 2.66. The van der Waals surface area contributed by atoms with E-state index in [9.17, 15) is 9.59 Å². The lowest BCUT2D eigenvalue weighted by Gasteiger charge is -2.15. The first-order chi connectivity index (χ1) is 13.0. The van der Waals surface area contributed by atoms with E-state index in [1.54, 1.807) is 36.4 Å². The first kappa shape index (κ1) is 20.6. The summed E-state index contributed by atoms with van der Waals surface area (Å²) in [6.45, 7) is 5.74. The summed E-state index contributed by atoms with van der Waals surface area (Å²) in [5, 5.41) is 0. The Labute approximate surface area is 158 Å². The van der Waals surface area contributed by atoms with Gasteiger partial charge in [-0.1, -0.05) is 48.7 Å². The van der Waals surface area contributed by atoms with Gasteiger partial charge in [0.15, 0.2) is 0 Å².